The molecule has 0 N–H and O–H groups in total. The molecule has 3 rings (SSSR count). The van der Waals surface area contributed by atoms with Gasteiger partial charge in [0, 0.05) is 6.04 Å². The van der Waals surface area contributed by atoms with Gasteiger partial charge >= 0.3 is 5.69 Å². The smallest absolute Gasteiger partial charge is 0.281 e. The number of hydrogen-bond donors (Lipinski definition) is 0. The fourth-order valence-corrected chi connectivity index (χ4v) is 2.46. The van der Waals surface area contributed by atoms with E-state index in [1.165, 1.54) is 4.57 Å². The molecule has 0 saturated heterocycles. The molecule has 0 unspecified atom stereocenters. The van der Waals surface area contributed by atoms with Crippen molar-refractivity contribution in [1.29, 1.82) is 0 Å². The van der Waals surface area contributed by atoms with Crippen molar-refractivity contribution in [3.63, 3.8) is 0 Å². The standard InChI is InChI=1S/C16H16N2O2/c1-3-4-9-17-14-10-11(2)5-8-13(14)15(19)18(16(17)20)12-6-7-12/h5,8,10,12H,6-7,9H2,1-2H3. The first-order valence-corrected chi connectivity index (χ1v) is 6.79. The van der Waals surface area contributed by atoms with Gasteiger partial charge in [-0.15, -0.1) is 5.92 Å². The number of rotatable bonds is 2. The lowest BCUT2D eigenvalue weighted by molar-refractivity contribution is 0.614. The van der Waals surface area contributed by atoms with Crippen molar-refractivity contribution < 1.29 is 0 Å². The summed E-state index contributed by atoms with van der Waals surface area (Å²) in [5, 5.41) is 0.597. The number of fused-ring (bicyclic) bond motifs is 1. The molecule has 2 aromatic rings. The van der Waals surface area contributed by atoms with Gasteiger partial charge in [0.1, 0.15) is 0 Å². The summed E-state index contributed by atoms with van der Waals surface area (Å²) in [5.41, 5.74) is 1.30. The summed E-state index contributed by atoms with van der Waals surface area (Å²) in [5.74, 6) is 5.73. The van der Waals surface area contributed by atoms with Gasteiger partial charge in [-0.05, 0) is 44.4 Å². The third kappa shape index (κ3) is 1.96. The van der Waals surface area contributed by atoms with Crippen LogP contribution in [0.4, 0.5) is 0 Å². The number of nitrogens with zero attached hydrogens (tertiary/aromatic N) is 2. The SMILES string of the molecule is CC#CCn1c(=O)n(C2CC2)c(=O)c2ccc(C)cc21. The lowest BCUT2D eigenvalue weighted by Gasteiger charge is -2.12. The van der Waals surface area contributed by atoms with E-state index in [-0.39, 0.29) is 17.3 Å². The van der Waals surface area contributed by atoms with Gasteiger partial charge in [-0.3, -0.25) is 13.9 Å². The first-order valence-electron chi connectivity index (χ1n) is 6.79. The molecular formula is C16H16N2O2. The summed E-state index contributed by atoms with van der Waals surface area (Å²) in [6.45, 7) is 4.02. The van der Waals surface area contributed by atoms with Crippen LogP contribution in [0.2, 0.25) is 0 Å². The molecule has 102 valence electrons. The quantitative estimate of drug-likeness (QED) is 0.780. The summed E-state index contributed by atoms with van der Waals surface area (Å²) in [4.78, 5) is 25.0. The monoisotopic (exact) mass is 268 g/mol. The highest BCUT2D eigenvalue weighted by atomic mass is 16.2. The van der Waals surface area contributed by atoms with Crippen LogP contribution in [-0.4, -0.2) is 9.13 Å². The molecule has 0 spiro atoms. The Balaban J connectivity index is 2.42. The molecular weight excluding hydrogens is 252 g/mol. The second kappa shape index (κ2) is 4.68. The number of aromatic nitrogens is 2. The van der Waals surface area contributed by atoms with Gasteiger partial charge in [0.25, 0.3) is 5.56 Å². The van der Waals surface area contributed by atoms with Gasteiger partial charge in [-0.1, -0.05) is 12.0 Å². The Morgan fingerprint density at radius 2 is 2.05 bits per heavy atom. The van der Waals surface area contributed by atoms with Gasteiger partial charge < -0.3 is 0 Å². The highest BCUT2D eigenvalue weighted by molar-refractivity contribution is 5.78. The van der Waals surface area contributed by atoms with Crippen molar-refractivity contribution >= 4 is 10.9 Å². The van der Waals surface area contributed by atoms with Crippen LogP contribution in [-0.2, 0) is 6.54 Å². The third-order valence-corrected chi connectivity index (χ3v) is 3.66. The predicted octanol–water partition coefficient (Wildman–Crippen LogP) is 1.83. The van der Waals surface area contributed by atoms with Crippen LogP contribution in [0.5, 0.6) is 0 Å². The molecule has 0 amide bonds. The van der Waals surface area contributed by atoms with E-state index in [1.807, 2.05) is 19.1 Å². The van der Waals surface area contributed by atoms with Crippen molar-refractivity contribution in [2.45, 2.75) is 39.3 Å². The maximum Gasteiger partial charge on any atom is 0.332 e. The van der Waals surface area contributed by atoms with Crippen LogP contribution in [0.1, 0.15) is 31.4 Å². The maximum atomic E-state index is 12.6. The van der Waals surface area contributed by atoms with E-state index < -0.39 is 0 Å². The lowest BCUT2D eigenvalue weighted by atomic mass is 10.1. The maximum absolute atomic E-state index is 12.6. The van der Waals surface area contributed by atoms with Gasteiger partial charge in [-0.2, -0.15) is 0 Å². The van der Waals surface area contributed by atoms with Crippen molar-refractivity contribution in [1.82, 2.24) is 9.13 Å². The topological polar surface area (TPSA) is 44.0 Å². The van der Waals surface area contributed by atoms with E-state index in [9.17, 15) is 9.59 Å². The van der Waals surface area contributed by atoms with Crippen LogP contribution in [0.25, 0.3) is 10.9 Å². The molecule has 0 atom stereocenters. The Morgan fingerprint density at radius 1 is 1.30 bits per heavy atom. The Labute approximate surface area is 116 Å². The van der Waals surface area contributed by atoms with E-state index in [1.54, 1.807) is 17.6 Å². The zero-order chi connectivity index (χ0) is 14.3. The molecule has 20 heavy (non-hydrogen) atoms. The molecule has 1 aliphatic rings. The second-order valence-corrected chi connectivity index (χ2v) is 5.22. The van der Waals surface area contributed by atoms with Crippen molar-refractivity contribution in [3.05, 3.63) is 44.6 Å². The number of hydrogen-bond acceptors (Lipinski definition) is 2. The molecule has 1 aromatic heterocycles. The summed E-state index contributed by atoms with van der Waals surface area (Å²) in [6, 6.07) is 5.66. The van der Waals surface area contributed by atoms with Gasteiger partial charge in [0.05, 0.1) is 17.4 Å². The summed E-state index contributed by atoms with van der Waals surface area (Å²) in [7, 11) is 0. The first kappa shape index (κ1) is 12.7. The molecule has 1 saturated carbocycles. The van der Waals surface area contributed by atoms with Gasteiger partial charge in [0.2, 0.25) is 0 Å². The highest BCUT2D eigenvalue weighted by Crippen LogP contribution is 2.32. The molecule has 1 heterocycles. The predicted molar refractivity (Wildman–Crippen MR) is 78.9 cm³/mol. The molecule has 0 radical (unpaired) electrons. The second-order valence-electron chi connectivity index (χ2n) is 5.22. The van der Waals surface area contributed by atoms with Gasteiger partial charge in [0.15, 0.2) is 0 Å². The minimum absolute atomic E-state index is 0.0709. The minimum atomic E-state index is -0.238. The largest absolute Gasteiger partial charge is 0.332 e. The van der Waals surface area contributed by atoms with Gasteiger partial charge in [-0.25, -0.2) is 4.79 Å². The zero-order valence-corrected chi connectivity index (χ0v) is 11.6. The fourth-order valence-electron chi connectivity index (χ4n) is 2.46. The van der Waals surface area contributed by atoms with Crippen LogP contribution in [0, 0.1) is 18.8 Å². The molecule has 0 aliphatic heterocycles. The zero-order valence-electron chi connectivity index (χ0n) is 11.6. The van der Waals surface area contributed by atoms with E-state index in [0.29, 0.717) is 17.4 Å². The van der Waals surface area contributed by atoms with E-state index in [2.05, 4.69) is 11.8 Å². The van der Waals surface area contributed by atoms with Crippen LogP contribution >= 0.6 is 0 Å². The van der Waals surface area contributed by atoms with Crippen LogP contribution < -0.4 is 11.2 Å². The Hall–Kier alpha value is -2.28. The van der Waals surface area contributed by atoms with Crippen LogP contribution in [0.3, 0.4) is 0 Å². The van der Waals surface area contributed by atoms with Crippen molar-refractivity contribution in [2.75, 3.05) is 0 Å². The highest BCUT2D eigenvalue weighted by Gasteiger charge is 2.28. The Bertz CT molecular complexity index is 858. The normalized spacial score (nSPS) is 14.1. The third-order valence-electron chi connectivity index (χ3n) is 3.66. The number of benzene rings is 1. The average molecular weight is 268 g/mol. The first-order chi connectivity index (χ1) is 9.63. The number of aryl methyl sites for hydroxylation is 1. The molecule has 4 heteroatoms. The van der Waals surface area contributed by atoms with Crippen molar-refractivity contribution in [2.24, 2.45) is 0 Å². The van der Waals surface area contributed by atoms with E-state index in [4.69, 9.17) is 0 Å². The fraction of sp³-hybridized carbons (Fsp3) is 0.375. The lowest BCUT2D eigenvalue weighted by Crippen LogP contribution is -2.39. The summed E-state index contributed by atoms with van der Waals surface area (Å²) in [6.07, 6.45) is 1.82. The Kier molecular flexibility index (Phi) is 2.98. The molecule has 1 aromatic carbocycles. The van der Waals surface area contributed by atoms with E-state index in [0.717, 1.165) is 18.4 Å². The molecule has 0 bridgehead atoms. The molecule has 4 nitrogen and oxygen atoms in total. The van der Waals surface area contributed by atoms with E-state index >= 15 is 0 Å². The van der Waals surface area contributed by atoms with Crippen LogP contribution in [0.15, 0.2) is 27.8 Å². The average Bonchev–Trinajstić information content (AvgIpc) is 3.23. The molecule has 1 aliphatic carbocycles. The van der Waals surface area contributed by atoms with Crippen molar-refractivity contribution in [3.8, 4) is 11.8 Å². The molecule has 1 fully saturated rings. The Morgan fingerprint density at radius 3 is 2.70 bits per heavy atom. The minimum Gasteiger partial charge on any atom is -0.281 e. The summed E-state index contributed by atoms with van der Waals surface area (Å²) >= 11 is 0. The summed E-state index contributed by atoms with van der Waals surface area (Å²) < 4.78 is 3.01.